The molecule has 2 unspecified atom stereocenters. The van der Waals surface area contributed by atoms with Crippen LogP contribution in [0.5, 0.6) is 0 Å². The van der Waals surface area contributed by atoms with Crippen molar-refractivity contribution in [3.63, 3.8) is 0 Å². The SMILES string of the molecule is O=C(COCCOCCOCCOCCOCc1ccc(I)cc1)NC1C(O)O[C@H](CO)[C@@H](O)[C@@H]1O. The highest BCUT2D eigenvalue weighted by Crippen LogP contribution is 2.19. The minimum absolute atomic E-state index is 0.153. The van der Waals surface area contributed by atoms with Gasteiger partial charge in [0.05, 0.1) is 66.1 Å². The van der Waals surface area contributed by atoms with Crippen LogP contribution >= 0.6 is 22.6 Å². The van der Waals surface area contributed by atoms with Gasteiger partial charge in [-0.1, -0.05) is 12.1 Å². The van der Waals surface area contributed by atoms with Crippen molar-refractivity contribution >= 4 is 28.5 Å². The van der Waals surface area contributed by atoms with Crippen LogP contribution in [0.25, 0.3) is 0 Å². The van der Waals surface area contributed by atoms with Crippen LogP contribution in [0.4, 0.5) is 0 Å². The number of benzene rings is 1. The fourth-order valence-corrected chi connectivity index (χ4v) is 3.55. The van der Waals surface area contributed by atoms with Crippen LogP contribution in [0, 0.1) is 3.57 Å². The van der Waals surface area contributed by atoms with E-state index in [1.165, 1.54) is 3.57 Å². The second kappa shape index (κ2) is 18.3. The van der Waals surface area contributed by atoms with Crippen molar-refractivity contribution in [1.82, 2.24) is 5.32 Å². The van der Waals surface area contributed by atoms with Gasteiger partial charge in [-0.05, 0) is 40.3 Å². The van der Waals surface area contributed by atoms with E-state index in [9.17, 15) is 20.1 Å². The summed E-state index contributed by atoms with van der Waals surface area (Å²) >= 11 is 2.26. The predicted molar refractivity (Wildman–Crippen MR) is 134 cm³/mol. The van der Waals surface area contributed by atoms with Crippen molar-refractivity contribution in [1.29, 1.82) is 0 Å². The summed E-state index contributed by atoms with van der Waals surface area (Å²) in [6, 6.07) is 6.91. The van der Waals surface area contributed by atoms with E-state index in [1.54, 1.807) is 0 Å². The van der Waals surface area contributed by atoms with Crippen molar-refractivity contribution < 1.29 is 53.6 Å². The topological polar surface area (TPSA) is 165 Å². The number of hydrogen-bond donors (Lipinski definition) is 5. The number of carbonyl (C=O) groups excluding carboxylic acids is 1. The van der Waals surface area contributed by atoms with Crippen LogP contribution < -0.4 is 5.32 Å². The lowest BCUT2D eigenvalue weighted by Crippen LogP contribution is -2.64. The van der Waals surface area contributed by atoms with E-state index in [0.717, 1.165) is 5.56 Å². The van der Waals surface area contributed by atoms with E-state index in [1.807, 2.05) is 24.3 Å². The molecule has 0 radical (unpaired) electrons. The van der Waals surface area contributed by atoms with Gasteiger partial charge >= 0.3 is 0 Å². The minimum Gasteiger partial charge on any atom is -0.394 e. The Morgan fingerprint density at radius 1 is 0.833 bits per heavy atom. The Hall–Kier alpha value is -0.980. The number of ether oxygens (including phenoxy) is 6. The molecule has 1 aromatic rings. The van der Waals surface area contributed by atoms with Gasteiger partial charge in [-0.2, -0.15) is 0 Å². The van der Waals surface area contributed by atoms with E-state index < -0.39 is 43.2 Å². The van der Waals surface area contributed by atoms with Gasteiger partial charge in [0, 0.05) is 3.57 Å². The third-order valence-electron chi connectivity index (χ3n) is 5.13. The summed E-state index contributed by atoms with van der Waals surface area (Å²) in [6.07, 6.45) is -5.66. The predicted octanol–water partition coefficient (Wildman–Crippen LogP) is -1.21. The summed E-state index contributed by atoms with van der Waals surface area (Å²) in [5, 5.41) is 41.1. The summed E-state index contributed by atoms with van der Waals surface area (Å²) in [6.45, 7) is 2.69. The van der Waals surface area contributed by atoms with Crippen molar-refractivity contribution in [2.24, 2.45) is 0 Å². The molecular formula is C23H36INO11. The number of carbonyl (C=O) groups is 1. The van der Waals surface area contributed by atoms with E-state index in [4.69, 9.17) is 33.5 Å². The normalized spacial score (nSPS) is 24.1. The highest BCUT2D eigenvalue weighted by atomic mass is 127. The molecule has 1 aliphatic rings. The maximum atomic E-state index is 11.9. The summed E-state index contributed by atoms with van der Waals surface area (Å²) in [5.74, 6) is -0.611. The van der Waals surface area contributed by atoms with Crippen molar-refractivity contribution in [3.05, 3.63) is 33.4 Å². The lowest BCUT2D eigenvalue weighted by Gasteiger charge is -2.40. The minimum atomic E-state index is -1.57. The summed E-state index contributed by atoms with van der Waals surface area (Å²) < 4.78 is 33.1. The number of aliphatic hydroxyl groups excluding tert-OH is 4. The molecule has 0 aromatic heterocycles. The Kier molecular flexibility index (Phi) is 15.9. The van der Waals surface area contributed by atoms with Crippen LogP contribution in [0.1, 0.15) is 5.56 Å². The molecule has 1 heterocycles. The molecule has 0 aliphatic carbocycles. The van der Waals surface area contributed by atoms with E-state index >= 15 is 0 Å². The van der Waals surface area contributed by atoms with Gasteiger partial charge in [0.1, 0.15) is 31.0 Å². The lowest BCUT2D eigenvalue weighted by atomic mass is 9.97. The zero-order valence-corrected chi connectivity index (χ0v) is 22.2. The molecule has 36 heavy (non-hydrogen) atoms. The first-order valence-electron chi connectivity index (χ1n) is 11.7. The van der Waals surface area contributed by atoms with Crippen molar-refractivity contribution in [2.75, 3.05) is 66.1 Å². The van der Waals surface area contributed by atoms with Crippen LogP contribution in [-0.2, 0) is 39.8 Å². The number of halogens is 1. The molecule has 1 aliphatic heterocycles. The second-order valence-electron chi connectivity index (χ2n) is 7.89. The molecular weight excluding hydrogens is 593 g/mol. The zero-order chi connectivity index (χ0) is 26.2. The fraction of sp³-hybridized carbons (Fsp3) is 0.696. The smallest absolute Gasteiger partial charge is 0.246 e. The Bertz CT molecular complexity index is 727. The molecule has 13 heteroatoms. The molecule has 0 saturated carbocycles. The van der Waals surface area contributed by atoms with Gasteiger partial charge in [-0.15, -0.1) is 0 Å². The quantitative estimate of drug-likeness (QED) is 0.0978. The van der Waals surface area contributed by atoms with Crippen molar-refractivity contribution in [3.8, 4) is 0 Å². The standard InChI is InChI=1S/C23H36INO11/c24-17-3-1-16(2-4-17)14-34-11-9-32-7-5-31-6-8-33-10-12-35-15-19(27)25-20-22(29)21(28)18(13-26)36-23(20)30/h1-4,18,20-23,26,28-30H,5-15H2,(H,25,27)/t18-,20?,21-,22-,23?/m1/s1. The molecule has 0 bridgehead atoms. The van der Waals surface area contributed by atoms with E-state index in [2.05, 4.69) is 27.9 Å². The monoisotopic (exact) mass is 629 g/mol. The first-order valence-corrected chi connectivity index (χ1v) is 12.7. The van der Waals surface area contributed by atoms with Crippen LogP contribution in [0.3, 0.4) is 0 Å². The molecule has 206 valence electrons. The second-order valence-corrected chi connectivity index (χ2v) is 9.14. The van der Waals surface area contributed by atoms with Crippen LogP contribution in [-0.4, -0.2) is 123 Å². The molecule has 0 spiro atoms. The average Bonchev–Trinajstić information content (AvgIpc) is 2.87. The molecule has 1 amide bonds. The summed E-state index contributed by atoms with van der Waals surface area (Å²) in [7, 11) is 0. The molecule has 12 nitrogen and oxygen atoms in total. The molecule has 1 aromatic carbocycles. The maximum absolute atomic E-state index is 11.9. The van der Waals surface area contributed by atoms with Gasteiger partial charge in [-0.3, -0.25) is 4.79 Å². The van der Waals surface area contributed by atoms with Crippen LogP contribution in [0.2, 0.25) is 0 Å². The van der Waals surface area contributed by atoms with Gasteiger partial charge in [0.25, 0.3) is 0 Å². The Morgan fingerprint density at radius 3 is 1.92 bits per heavy atom. The first kappa shape index (κ1) is 31.2. The van der Waals surface area contributed by atoms with E-state index in [-0.39, 0.29) is 19.8 Å². The number of nitrogens with one attached hydrogen (secondary N) is 1. The fourth-order valence-electron chi connectivity index (χ4n) is 3.19. The molecule has 5 atom stereocenters. The number of aliphatic hydroxyl groups is 4. The third-order valence-corrected chi connectivity index (χ3v) is 5.85. The summed E-state index contributed by atoms with van der Waals surface area (Å²) in [4.78, 5) is 11.9. The van der Waals surface area contributed by atoms with Gasteiger partial charge in [-0.25, -0.2) is 0 Å². The van der Waals surface area contributed by atoms with Crippen LogP contribution in [0.15, 0.2) is 24.3 Å². The Morgan fingerprint density at radius 2 is 1.36 bits per heavy atom. The average molecular weight is 629 g/mol. The van der Waals surface area contributed by atoms with Gasteiger partial charge < -0.3 is 54.2 Å². The molecule has 1 saturated heterocycles. The molecule has 2 rings (SSSR count). The third kappa shape index (κ3) is 12.0. The summed E-state index contributed by atoms with van der Waals surface area (Å²) in [5.41, 5.74) is 1.12. The number of rotatable bonds is 18. The zero-order valence-electron chi connectivity index (χ0n) is 20.0. The maximum Gasteiger partial charge on any atom is 0.246 e. The number of amides is 1. The highest BCUT2D eigenvalue weighted by Gasteiger charge is 2.44. The Labute approximate surface area is 223 Å². The highest BCUT2D eigenvalue weighted by molar-refractivity contribution is 14.1. The van der Waals surface area contributed by atoms with E-state index in [0.29, 0.717) is 46.2 Å². The largest absolute Gasteiger partial charge is 0.394 e. The molecule has 5 N–H and O–H groups in total. The Balaban J connectivity index is 1.36. The number of hydrogen-bond acceptors (Lipinski definition) is 11. The van der Waals surface area contributed by atoms with Gasteiger partial charge in [0.15, 0.2) is 6.29 Å². The lowest BCUT2D eigenvalue weighted by molar-refractivity contribution is -0.254. The van der Waals surface area contributed by atoms with Crippen molar-refractivity contribution in [2.45, 2.75) is 37.3 Å². The first-order chi connectivity index (χ1) is 17.4. The van der Waals surface area contributed by atoms with Gasteiger partial charge in [0.2, 0.25) is 5.91 Å². The molecule has 1 fully saturated rings.